The maximum Gasteiger partial charge on any atom is 0.478 e. The molecular weight excluding hydrogens is 387 g/mol. The molecule has 2 heterocycles. The Morgan fingerprint density at radius 2 is 1.86 bits per heavy atom. The van der Waals surface area contributed by atoms with Crippen LogP contribution in [0.15, 0.2) is 36.7 Å². The number of aromatic nitrogens is 4. The number of phenols is 2. The lowest BCUT2D eigenvalue weighted by atomic mass is 10.1. The van der Waals surface area contributed by atoms with Crippen molar-refractivity contribution in [1.29, 1.82) is 0 Å². The number of pyridine rings is 1. The maximum atomic E-state index is 12.7. The smallest absolute Gasteiger partial charge is 0.478 e. The highest BCUT2D eigenvalue weighted by molar-refractivity contribution is 5.70. The molecule has 28 heavy (non-hydrogen) atoms. The quantitative estimate of drug-likeness (QED) is 0.225. The summed E-state index contributed by atoms with van der Waals surface area (Å²) in [4.78, 5) is 14.0. The van der Waals surface area contributed by atoms with Gasteiger partial charge in [-0.05, 0) is 12.1 Å². The fraction of sp³-hybridized carbons (Fsp3) is 0.0667. The fourth-order valence-corrected chi connectivity index (χ4v) is 2.29. The third kappa shape index (κ3) is 3.44. The molecule has 0 radical (unpaired) electrons. The topological polar surface area (TPSA) is 149 Å². The number of nitro groups is 1. The van der Waals surface area contributed by atoms with Crippen LogP contribution in [0.5, 0.6) is 11.5 Å². The lowest BCUT2D eigenvalue weighted by Gasteiger charge is -2.09. The van der Waals surface area contributed by atoms with Gasteiger partial charge in [-0.25, -0.2) is 4.98 Å². The zero-order valence-electron chi connectivity index (χ0n) is 13.5. The van der Waals surface area contributed by atoms with E-state index < -0.39 is 34.0 Å². The highest BCUT2D eigenvalue weighted by Crippen LogP contribution is 2.39. The van der Waals surface area contributed by atoms with Crippen LogP contribution < -0.4 is 4.73 Å². The van der Waals surface area contributed by atoms with Gasteiger partial charge in [0.05, 0.1) is 22.4 Å². The van der Waals surface area contributed by atoms with Crippen LogP contribution in [0.3, 0.4) is 0 Å². The van der Waals surface area contributed by atoms with Gasteiger partial charge in [0.1, 0.15) is 0 Å². The van der Waals surface area contributed by atoms with Crippen molar-refractivity contribution in [2.24, 2.45) is 0 Å². The summed E-state index contributed by atoms with van der Waals surface area (Å²) in [6.45, 7) is 0. The second-order valence-electron chi connectivity index (χ2n) is 5.41. The molecule has 0 aliphatic rings. The molecule has 0 aliphatic heterocycles. The van der Waals surface area contributed by atoms with Gasteiger partial charge in [-0.1, -0.05) is 0 Å². The molecule has 2 N–H and O–H groups in total. The minimum atomic E-state index is -4.84. The zero-order chi connectivity index (χ0) is 20.6. The van der Waals surface area contributed by atoms with E-state index in [1.807, 2.05) is 0 Å². The van der Waals surface area contributed by atoms with Crippen molar-refractivity contribution in [3.05, 3.63) is 57.7 Å². The SMILES string of the molecule is O=[N+]([O-])c1cc(-c2cnnc(-c3ccc(C(F)(F)F)[n+]([O-])c3)n2)cc(O)c1O. The standard InChI is InChI=1S/C15H8F3N5O5/c16-15(17,18)12-2-1-7(6-22(12)26)14-20-9(5-19-21-14)8-3-10(23(27)28)13(25)11(24)4-8/h1-6,24-25H. The van der Waals surface area contributed by atoms with Gasteiger partial charge in [0.15, 0.2) is 17.8 Å². The number of alkyl halides is 3. The van der Waals surface area contributed by atoms with E-state index in [0.717, 1.165) is 24.4 Å². The van der Waals surface area contributed by atoms with Crippen LogP contribution in [0.4, 0.5) is 18.9 Å². The Hall–Kier alpha value is -4.03. The molecule has 2 aromatic heterocycles. The van der Waals surface area contributed by atoms with Crippen molar-refractivity contribution in [3.63, 3.8) is 0 Å². The van der Waals surface area contributed by atoms with Crippen LogP contribution in [0.2, 0.25) is 0 Å². The molecule has 0 saturated heterocycles. The van der Waals surface area contributed by atoms with E-state index in [4.69, 9.17) is 0 Å². The second kappa shape index (κ2) is 6.61. The lowest BCUT2D eigenvalue weighted by molar-refractivity contribution is -0.628. The summed E-state index contributed by atoms with van der Waals surface area (Å²) in [5.41, 5.74) is -2.36. The molecule has 3 rings (SSSR count). The van der Waals surface area contributed by atoms with Gasteiger partial charge in [0.25, 0.3) is 5.69 Å². The number of aromatic hydroxyl groups is 2. The van der Waals surface area contributed by atoms with E-state index in [-0.39, 0.29) is 27.4 Å². The van der Waals surface area contributed by atoms with Crippen LogP contribution in [-0.2, 0) is 6.18 Å². The molecular formula is C15H8F3N5O5. The van der Waals surface area contributed by atoms with Gasteiger partial charge in [-0.15, -0.1) is 5.10 Å². The molecule has 0 unspecified atom stereocenters. The number of benzene rings is 1. The number of nitrogens with zero attached hydrogens (tertiary/aromatic N) is 5. The molecule has 0 amide bonds. The molecule has 0 spiro atoms. The Bertz CT molecular complexity index is 1090. The van der Waals surface area contributed by atoms with Crippen molar-refractivity contribution in [2.75, 3.05) is 0 Å². The molecule has 0 bridgehead atoms. The van der Waals surface area contributed by atoms with Gasteiger partial charge in [0.2, 0.25) is 5.75 Å². The molecule has 0 saturated carbocycles. The largest absolute Gasteiger partial charge is 0.618 e. The first-order chi connectivity index (χ1) is 13.1. The lowest BCUT2D eigenvalue weighted by Crippen LogP contribution is -2.36. The van der Waals surface area contributed by atoms with Crippen molar-refractivity contribution >= 4 is 5.69 Å². The Morgan fingerprint density at radius 3 is 2.46 bits per heavy atom. The summed E-state index contributed by atoms with van der Waals surface area (Å²) >= 11 is 0. The summed E-state index contributed by atoms with van der Waals surface area (Å²) in [5.74, 6) is -1.95. The summed E-state index contributed by atoms with van der Waals surface area (Å²) < 4.78 is 37.6. The summed E-state index contributed by atoms with van der Waals surface area (Å²) in [6, 6.07) is 3.42. The number of hydrogen-bond donors (Lipinski definition) is 2. The monoisotopic (exact) mass is 395 g/mol. The van der Waals surface area contributed by atoms with Crippen LogP contribution in [0.1, 0.15) is 5.69 Å². The molecule has 0 aliphatic carbocycles. The predicted molar refractivity (Wildman–Crippen MR) is 84.6 cm³/mol. The summed E-state index contributed by atoms with van der Waals surface area (Å²) in [5, 5.41) is 49.0. The Labute approximate surface area is 152 Å². The van der Waals surface area contributed by atoms with Gasteiger partial charge in [-0.2, -0.15) is 23.0 Å². The highest BCUT2D eigenvalue weighted by atomic mass is 19.4. The van der Waals surface area contributed by atoms with Gasteiger partial charge in [-0.3, -0.25) is 10.1 Å². The fourth-order valence-electron chi connectivity index (χ4n) is 2.29. The van der Waals surface area contributed by atoms with Crippen molar-refractivity contribution in [3.8, 4) is 34.1 Å². The van der Waals surface area contributed by atoms with E-state index in [9.17, 15) is 38.7 Å². The molecule has 10 nitrogen and oxygen atoms in total. The maximum absolute atomic E-state index is 12.7. The first-order valence-electron chi connectivity index (χ1n) is 7.29. The summed E-state index contributed by atoms with van der Waals surface area (Å²) in [6.07, 6.45) is -3.15. The number of rotatable bonds is 3. The Morgan fingerprint density at radius 1 is 1.14 bits per heavy atom. The number of hydrogen-bond acceptors (Lipinski definition) is 8. The van der Waals surface area contributed by atoms with Crippen LogP contribution in [0, 0.1) is 15.3 Å². The third-order valence-electron chi connectivity index (χ3n) is 3.58. The number of nitro benzene ring substituents is 1. The highest BCUT2D eigenvalue weighted by Gasteiger charge is 2.39. The van der Waals surface area contributed by atoms with E-state index in [1.54, 1.807) is 0 Å². The van der Waals surface area contributed by atoms with Crippen molar-refractivity contribution in [1.82, 2.24) is 15.2 Å². The van der Waals surface area contributed by atoms with Crippen LogP contribution in [-0.4, -0.2) is 30.3 Å². The first kappa shape index (κ1) is 18.8. The van der Waals surface area contributed by atoms with E-state index in [1.165, 1.54) is 0 Å². The normalized spacial score (nSPS) is 11.4. The van der Waals surface area contributed by atoms with E-state index in [2.05, 4.69) is 15.2 Å². The molecule has 0 fully saturated rings. The zero-order valence-corrected chi connectivity index (χ0v) is 13.5. The third-order valence-corrected chi connectivity index (χ3v) is 3.58. The summed E-state index contributed by atoms with van der Waals surface area (Å²) in [7, 11) is 0. The minimum Gasteiger partial charge on any atom is -0.618 e. The average molecular weight is 395 g/mol. The Kier molecular flexibility index (Phi) is 4.42. The van der Waals surface area contributed by atoms with Gasteiger partial charge in [0, 0.05) is 17.7 Å². The number of phenolic OH excluding ortho intramolecular Hbond substituents is 2. The second-order valence-corrected chi connectivity index (χ2v) is 5.41. The van der Waals surface area contributed by atoms with Crippen molar-refractivity contribution in [2.45, 2.75) is 6.18 Å². The molecule has 1 aromatic carbocycles. The van der Waals surface area contributed by atoms with Crippen LogP contribution >= 0.6 is 0 Å². The van der Waals surface area contributed by atoms with E-state index >= 15 is 0 Å². The molecule has 13 heteroatoms. The molecule has 0 atom stereocenters. The average Bonchev–Trinajstić information content (AvgIpc) is 2.62. The predicted octanol–water partition coefficient (Wildman–Crippen LogP) is 2.18. The van der Waals surface area contributed by atoms with Crippen LogP contribution in [0.25, 0.3) is 22.6 Å². The van der Waals surface area contributed by atoms with Gasteiger partial charge >= 0.3 is 11.9 Å². The van der Waals surface area contributed by atoms with E-state index in [0.29, 0.717) is 12.3 Å². The minimum absolute atomic E-state index is 0.0138. The molecule has 144 valence electrons. The number of halogens is 3. The van der Waals surface area contributed by atoms with Gasteiger partial charge < -0.3 is 15.4 Å². The Balaban J connectivity index is 2.07. The molecule has 3 aromatic rings. The first-order valence-corrected chi connectivity index (χ1v) is 7.29. The van der Waals surface area contributed by atoms with Crippen molar-refractivity contribution < 1.29 is 33.0 Å².